The van der Waals surface area contributed by atoms with Crippen molar-refractivity contribution in [2.45, 2.75) is 58.0 Å². The maximum atomic E-state index is 12.5. The van der Waals surface area contributed by atoms with Gasteiger partial charge in [0.1, 0.15) is 0 Å². The van der Waals surface area contributed by atoms with Crippen LogP contribution in [0.25, 0.3) is 0 Å². The predicted molar refractivity (Wildman–Crippen MR) is 80.2 cm³/mol. The van der Waals surface area contributed by atoms with Crippen molar-refractivity contribution in [2.75, 3.05) is 18.9 Å². The van der Waals surface area contributed by atoms with Crippen LogP contribution in [0.3, 0.4) is 0 Å². The summed E-state index contributed by atoms with van der Waals surface area (Å²) in [7, 11) is -3.41. The van der Waals surface area contributed by atoms with Crippen LogP contribution in [0.1, 0.15) is 46.5 Å². The van der Waals surface area contributed by atoms with Crippen LogP contribution in [0.2, 0.25) is 0 Å². The number of sulfonamides is 1. The summed E-state index contributed by atoms with van der Waals surface area (Å²) in [5, 5.41) is 9.56. The third-order valence-electron chi connectivity index (χ3n) is 4.43. The number of rotatable bonds is 5. The minimum absolute atomic E-state index is 0.0709. The van der Waals surface area contributed by atoms with Crippen molar-refractivity contribution in [1.82, 2.24) is 9.62 Å². The standard InChI is InChI=1S/C14H26N2O4S/c1-13(2,3)15-21(19,20)9-8-16-11-4-6-14(10-17,7-5-11)12(16)18/h11,15,17H,4-10H2,1-3H3. The Labute approximate surface area is 126 Å². The van der Waals surface area contributed by atoms with Crippen molar-refractivity contribution in [2.24, 2.45) is 5.41 Å². The summed E-state index contributed by atoms with van der Waals surface area (Å²) in [6.07, 6.45) is 3.16. The average molecular weight is 318 g/mol. The van der Waals surface area contributed by atoms with Crippen LogP contribution in [0.4, 0.5) is 0 Å². The van der Waals surface area contributed by atoms with Crippen molar-refractivity contribution in [3.63, 3.8) is 0 Å². The van der Waals surface area contributed by atoms with Gasteiger partial charge in [-0.25, -0.2) is 13.1 Å². The van der Waals surface area contributed by atoms with Gasteiger partial charge in [-0.15, -0.1) is 0 Å². The zero-order valence-electron chi connectivity index (χ0n) is 13.1. The maximum Gasteiger partial charge on any atom is 0.231 e. The number of carbonyl (C=O) groups excluding carboxylic acids is 1. The molecule has 0 aromatic carbocycles. The molecule has 21 heavy (non-hydrogen) atoms. The number of piperidine rings is 2. The number of fused-ring (bicyclic) bond motifs is 3. The van der Waals surface area contributed by atoms with Gasteiger partial charge in [-0.05, 0) is 46.5 Å². The summed E-state index contributed by atoms with van der Waals surface area (Å²) >= 11 is 0. The first kappa shape index (κ1) is 16.7. The molecule has 6 nitrogen and oxygen atoms in total. The van der Waals surface area contributed by atoms with Crippen LogP contribution in [0.15, 0.2) is 0 Å². The number of aliphatic hydroxyl groups is 1. The van der Waals surface area contributed by atoms with Gasteiger partial charge in [0.2, 0.25) is 15.9 Å². The molecule has 0 aromatic rings. The molecule has 0 aromatic heterocycles. The smallest absolute Gasteiger partial charge is 0.231 e. The Bertz CT molecular complexity index is 502. The van der Waals surface area contributed by atoms with Crippen LogP contribution < -0.4 is 4.72 Å². The lowest BCUT2D eigenvalue weighted by atomic mass is 9.67. The Kier molecular flexibility index (Phi) is 4.39. The highest BCUT2D eigenvalue weighted by Gasteiger charge is 2.51. The highest BCUT2D eigenvalue weighted by Crippen LogP contribution is 2.45. The molecular formula is C14H26N2O4S. The molecule has 7 heteroatoms. The van der Waals surface area contributed by atoms with Gasteiger partial charge < -0.3 is 10.0 Å². The van der Waals surface area contributed by atoms with Gasteiger partial charge >= 0.3 is 0 Å². The van der Waals surface area contributed by atoms with Gasteiger partial charge in [-0.1, -0.05) is 0 Å². The molecule has 0 atom stereocenters. The minimum atomic E-state index is -3.41. The summed E-state index contributed by atoms with van der Waals surface area (Å²) in [6, 6.07) is 0.135. The van der Waals surface area contributed by atoms with Crippen molar-refractivity contribution in [1.29, 1.82) is 0 Å². The fraction of sp³-hybridized carbons (Fsp3) is 0.929. The molecule has 3 rings (SSSR count). The van der Waals surface area contributed by atoms with E-state index in [2.05, 4.69) is 4.72 Å². The topological polar surface area (TPSA) is 86.7 Å². The molecule has 2 aliphatic heterocycles. The van der Waals surface area contributed by atoms with E-state index in [1.807, 2.05) is 0 Å². The molecule has 2 heterocycles. The van der Waals surface area contributed by atoms with Crippen molar-refractivity contribution >= 4 is 15.9 Å². The first-order valence-electron chi connectivity index (χ1n) is 7.52. The highest BCUT2D eigenvalue weighted by molar-refractivity contribution is 7.89. The van der Waals surface area contributed by atoms with Crippen LogP contribution in [-0.2, 0) is 14.8 Å². The molecule has 0 unspecified atom stereocenters. The molecule has 3 fully saturated rings. The number of carbonyl (C=O) groups is 1. The second-order valence-electron chi connectivity index (χ2n) is 7.34. The fourth-order valence-corrected chi connectivity index (χ4v) is 4.87. The number of aliphatic hydroxyl groups excluding tert-OH is 1. The Morgan fingerprint density at radius 2 is 1.90 bits per heavy atom. The van der Waals surface area contributed by atoms with E-state index >= 15 is 0 Å². The predicted octanol–water partition coefficient (Wildman–Crippen LogP) is 0.468. The second kappa shape index (κ2) is 5.52. The SMILES string of the molecule is CC(C)(C)NS(=O)(=O)CCN1C(=O)C2(CO)CCC1CC2. The number of hydrogen-bond acceptors (Lipinski definition) is 4. The van der Waals surface area contributed by atoms with E-state index in [4.69, 9.17) is 0 Å². The molecule has 0 radical (unpaired) electrons. The summed E-state index contributed by atoms with van der Waals surface area (Å²) in [6.45, 7) is 5.44. The van der Waals surface area contributed by atoms with Gasteiger partial charge in [0, 0.05) is 18.1 Å². The Morgan fingerprint density at radius 1 is 1.33 bits per heavy atom. The quantitative estimate of drug-likeness (QED) is 0.771. The molecule has 3 aliphatic rings. The highest BCUT2D eigenvalue weighted by atomic mass is 32.2. The molecular weight excluding hydrogens is 292 g/mol. The molecule has 1 saturated carbocycles. The van der Waals surface area contributed by atoms with Gasteiger partial charge in [-0.2, -0.15) is 0 Å². The largest absolute Gasteiger partial charge is 0.395 e. The summed E-state index contributed by atoms with van der Waals surface area (Å²) in [5.41, 5.74) is -1.17. The number of amides is 1. The van der Waals surface area contributed by atoms with Gasteiger partial charge in [0.25, 0.3) is 0 Å². The zero-order chi connectivity index (χ0) is 15.9. The van der Waals surface area contributed by atoms with E-state index in [0.717, 1.165) is 25.7 Å². The van der Waals surface area contributed by atoms with E-state index in [-0.39, 0.29) is 30.9 Å². The average Bonchev–Trinajstić information content (AvgIpc) is 2.36. The molecule has 1 aliphatic carbocycles. The number of nitrogens with one attached hydrogen (secondary N) is 1. The van der Waals surface area contributed by atoms with Gasteiger partial charge in [0.15, 0.2) is 0 Å². The van der Waals surface area contributed by atoms with E-state index in [1.165, 1.54) is 0 Å². The molecule has 122 valence electrons. The summed E-state index contributed by atoms with van der Waals surface area (Å²) < 4.78 is 26.7. The van der Waals surface area contributed by atoms with E-state index in [1.54, 1.807) is 25.7 Å². The Morgan fingerprint density at radius 3 is 2.38 bits per heavy atom. The Balaban J connectivity index is 2.02. The van der Waals surface area contributed by atoms with Crippen molar-refractivity contribution < 1.29 is 18.3 Å². The van der Waals surface area contributed by atoms with E-state index in [9.17, 15) is 18.3 Å². The van der Waals surface area contributed by atoms with Crippen LogP contribution in [-0.4, -0.2) is 54.8 Å². The fourth-order valence-electron chi connectivity index (χ4n) is 3.40. The first-order valence-corrected chi connectivity index (χ1v) is 9.17. The lowest BCUT2D eigenvalue weighted by Gasteiger charge is -2.51. The van der Waals surface area contributed by atoms with E-state index < -0.39 is 21.0 Å². The molecule has 0 spiro atoms. The van der Waals surface area contributed by atoms with Crippen molar-refractivity contribution in [3.05, 3.63) is 0 Å². The number of nitrogens with zero attached hydrogens (tertiary/aromatic N) is 1. The van der Waals surface area contributed by atoms with E-state index in [0.29, 0.717) is 0 Å². The first-order chi connectivity index (χ1) is 9.59. The van der Waals surface area contributed by atoms with Crippen molar-refractivity contribution in [3.8, 4) is 0 Å². The number of hydrogen-bond donors (Lipinski definition) is 2. The molecule has 2 N–H and O–H groups in total. The summed E-state index contributed by atoms with van der Waals surface area (Å²) in [5.74, 6) is -0.160. The minimum Gasteiger partial charge on any atom is -0.395 e. The van der Waals surface area contributed by atoms with Crippen LogP contribution in [0, 0.1) is 5.41 Å². The van der Waals surface area contributed by atoms with Gasteiger partial charge in [-0.3, -0.25) is 4.79 Å². The molecule has 2 bridgehead atoms. The monoisotopic (exact) mass is 318 g/mol. The van der Waals surface area contributed by atoms with Gasteiger partial charge in [0.05, 0.1) is 17.8 Å². The summed E-state index contributed by atoms with van der Waals surface area (Å²) in [4.78, 5) is 14.2. The molecule has 1 amide bonds. The third-order valence-corrected chi connectivity index (χ3v) is 6.08. The molecule has 2 saturated heterocycles. The normalized spacial score (nSPS) is 30.0. The zero-order valence-corrected chi connectivity index (χ0v) is 13.9. The third kappa shape index (κ3) is 3.57. The lowest BCUT2D eigenvalue weighted by Crippen LogP contribution is -2.60. The Hall–Kier alpha value is -0.660. The lowest BCUT2D eigenvalue weighted by molar-refractivity contribution is -0.161. The maximum absolute atomic E-state index is 12.5. The van der Waals surface area contributed by atoms with Crippen LogP contribution in [0.5, 0.6) is 0 Å². The second-order valence-corrected chi connectivity index (χ2v) is 9.18. The van der Waals surface area contributed by atoms with Crippen LogP contribution >= 0.6 is 0 Å².